The van der Waals surface area contributed by atoms with E-state index in [1.165, 1.54) is 19.1 Å². The molecule has 160 valence electrons. The molecule has 0 bridgehead atoms. The van der Waals surface area contributed by atoms with E-state index in [9.17, 15) is 18.0 Å². The lowest BCUT2D eigenvalue weighted by Gasteiger charge is -2.34. The molecule has 3 rings (SSSR count). The van der Waals surface area contributed by atoms with Crippen LogP contribution in [0.25, 0.3) is 0 Å². The highest BCUT2D eigenvalue weighted by atomic mass is 32.2. The summed E-state index contributed by atoms with van der Waals surface area (Å²) < 4.78 is 27.5. The first-order chi connectivity index (χ1) is 14.1. The molecule has 0 aromatic heterocycles. The van der Waals surface area contributed by atoms with Crippen molar-refractivity contribution in [3.05, 3.63) is 54.1 Å². The fraction of sp³-hybridized carbons (Fsp3) is 0.364. The van der Waals surface area contributed by atoms with Gasteiger partial charge in [-0.2, -0.15) is 4.31 Å². The van der Waals surface area contributed by atoms with E-state index in [1.54, 1.807) is 40.7 Å². The zero-order chi connectivity index (χ0) is 21.9. The maximum Gasteiger partial charge on any atom is 0.255 e. The van der Waals surface area contributed by atoms with E-state index in [4.69, 9.17) is 0 Å². The Morgan fingerprint density at radius 1 is 0.933 bits per heavy atom. The maximum atomic E-state index is 13.0. The summed E-state index contributed by atoms with van der Waals surface area (Å²) in [4.78, 5) is 23.9. The first-order valence-corrected chi connectivity index (χ1v) is 11.4. The Kier molecular flexibility index (Phi) is 6.58. The first-order valence-electron chi connectivity index (χ1n) is 9.94. The molecule has 1 aliphatic heterocycles. The van der Waals surface area contributed by atoms with E-state index < -0.39 is 10.0 Å². The first kappa shape index (κ1) is 22.0. The molecule has 0 spiro atoms. The molecule has 2 aromatic carbocycles. The van der Waals surface area contributed by atoms with Crippen LogP contribution in [0.1, 0.15) is 37.6 Å². The third kappa shape index (κ3) is 5.25. The summed E-state index contributed by atoms with van der Waals surface area (Å²) in [7, 11) is -3.56. The lowest BCUT2D eigenvalue weighted by molar-refractivity contribution is -0.114. The number of hydrogen-bond acceptors (Lipinski definition) is 4. The fourth-order valence-electron chi connectivity index (χ4n) is 3.81. The third-order valence-electron chi connectivity index (χ3n) is 5.03. The molecule has 7 nitrogen and oxygen atoms in total. The Labute approximate surface area is 177 Å². The van der Waals surface area contributed by atoms with Crippen LogP contribution in [0, 0.1) is 11.8 Å². The Balaban J connectivity index is 1.71. The Morgan fingerprint density at radius 3 is 2.17 bits per heavy atom. The molecule has 2 atom stereocenters. The molecule has 1 saturated heterocycles. The number of hydrogen-bond donors (Lipinski definition) is 2. The van der Waals surface area contributed by atoms with Gasteiger partial charge in [0.2, 0.25) is 15.9 Å². The van der Waals surface area contributed by atoms with Crippen LogP contribution in [0.3, 0.4) is 0 Å². The van der Waals surface area contributed by atoms with Crippen LogP contribution in [0.4, 0.5) is 11.4 Å². The molecule has 2 aromatic rings. The standard InChI is InChI=1S/C22H27N3O4S/c1-15-11-16(2)14-25(13-15)30(28,29)21-9-7-19(8-10-21)24-22(27)18-5-4-6-20(12-18)23-17(3)26/h4-10,12,15-16H,11,13-14H2,1-3H3,(H,23,26)(H,24,27)/t15-,16-/m0/s1. The summed E-state index contributed by atoms with van der Waals surface area (Å²) in [6.07, 6.45) is 1.03. The quantitative estimate of drug-likeness (QED) is 0.760. The van der Waals surface area contributed by atoms with Gasteiger partial charge in [0.25, 0.3) is 5.91 Å². The second kappa shape index (κ2) is 8.97. The average molecular weight is 430 g/mol. The van der Waals surface area contributed by atoms with Crippen molar-refractivity contribution in [1.82, 2.24) is 4.31 Å². The normalized spacial score (nSPS) is 19.8. The minimum absolute atomic E-state index is 0.217. The Bertz CT molecular complexity index is 1020. The Morgan fingerprint density at radius 2 is 1.57 bits per heavy atom. The van der Waals surface area contributed by atoms with Crippen molar-refractivity contribution in [3.8, 4) is 0 Å². The van der Waals surface area contributed by atoms with Crippen LogP contribution >= 0.6 is 0 Å². The fourth-order valence-corrected chi connectivity index (χ4v) is 5.49. The van der Waals surface area contributed by atoms with Gasteiger partial charge in [0.1, 0.15) is 0 Å². The van der Waals surface area contributed by atoms with Gasteiger partial charge in [0.05, 0.1) is 4.90 Å². The van der Waals surface area contributed by atoms with Crippen LogP contribution in [0.2, 0.25) is 0 Å². The molecular formula is C22H27N3O4S. The van der Waals surface area contributed by atoms with Gasteiger partial charge < -0.3 is 10.6 Å². The zero-order valence-corrected chi connectivity index (χ0v) is 18.2. The molecule has 2 N–H and O–H groups in total. The zero-order valence-electron chi connectivity index (χ0n) is 17.4. The van der Waals surface area contributed by atoms with Crippen LogP contribution in [-0.4, -0.2) is 37.6 Å². The smallest absolute Gasteiger partial charge is 0.255 e. The minimum Gasteiger partial charge on any atom is -0.326 e. The number of anilines is 2. The summed E-state index contributed by atoms with van der Waals surface area (Å²) >= 11 is 0. The lowest BCUT2D eigenvalue weighted by Crippen LogP contribution is -2.42. The number of carbonyl (C=O) groups excluding carboxylic acids is 2. The van der Waals surface area contributed by atoms with E-state index in [-0.39, 0.29) is 16.7 Å². The summed E-state index contributed by atoms with van der Waals surface area (Å²) in [5.74, 6) is 0.0871. The van der Waals surface area contributed by atoms with Crippen LogP contribution in [0.15, 0.2) is 53.4 Å². The lowest BCUT2D eigenvalue weighted by atomic mass is 9.94. The van der Waals surface area contributed by atoms with Gasteiger partial charge in [-0.3, -0.25) is 9.59 Å². The molecule has 30 heavy (non-hydrogen) atoms. The number of carbonyl (C=O) groups is 2. The molecule has 1 heterocycles. The maximum absolute atomic E-state index is 13.0. The molecule has 2 amide bonds. The van der Waals surface area contributed by atoms with Gasteiger partial charge in [0, 0.05) is 37.0 Å². The average Bonchev–Trinajstić information content (AvgIpc) is 2.67. The molecule has 1 fully saturated rings. The van der Waals surface area contributed by atoms with Gasteiger partial charge in [0.15, 0.2) is 0 Å². The van der Waals surface area contributed by atoms with E-state index in [0.717, 1.165) is 6.42 Å². The highest BCUT2D eigenvalue weighted by Gasteiger charge is 2.31. The molecule has 0 saturated carbocycles. The molecule has 0 unspecified atom stereocenters. The summed E-state index contributed by atoms with van der Waals surface area (Å²) in [5, 5.41) is 5.39. The highest BCUT2D eigenvalue weighted by Crippen LogP contribution is 2.27. The van der Waals surface area contributed by atoms with Crippen LogP contribution < -0.4 is 10.6 Å². The number of nitrogens with one attached hydrogen (secondary N) is 2. The monoisotopic (exact) mass is 429 g/mol. The summed E-state index contributed by atoms with van der Waals surface area (Å²) in [6.45, 7) is 6.58. The largest absolute Gasteiger partial charge is 0.326 e. The van der Waals surface area contributed by atoms with Crippen molar-refractivity contribution in [2.24, 2.45) is 11.8 Å². The Hall–Kier alpha value is -2.71. The van der Waals surface area contributed by atoms with Gasteiger partial charge >= 0.3 is 0 Å². The predicted octanol–water partition coefficient (Wildman–Crippen LogP) is 3.56. The number of benzene rings is 2. The number of nitrogens with zero attached hydrogens (tertiary/aromatic N) is 1. The molecule has 0 radical (unpaired) electrons. The highest BCUT2D eigenvalue weighted by molar-refractivity contribution is 7.89. The molecule has 8 heteroatoms. The number of rotatable bonds is 5. The van der Waals surface area contributed by atoms with Gasteiger partial charge in [-0.05, 0) is 60.7 Å². The van der Waals surface area contributed by atoms with Crippen molar-refractivity contribution < 1.29 is 18.0 Å². The second-order valence-electron chi connectivity index (χ2n) is 8.01. The molecular weight excluding hydrogens is 402 g/mol. The van der Waals surface area contributed by atoms with Crippen molar-refractivity contribution in [1.29, 1.82) is 0 Å². The van der Waals surface area contributed by atoms with Crippen molar-refractivity contribution >= 4 is 33.2 Å². The third-order valence-corrected chi connectivity index (χ3v) is 6.88. The molecule has 0 aliphatic carbocycles. The van der Waals surface area contributed by atoms with Crippen molar-refractivity contribution in [2.45, 2.75) is 32.1 Å². The van der Waals surface area contributed by atoms with E-state index in [1.807, 2.05) is 0 Å². The van der Waals surface area contributed by atoms with E-state index >= 15 is 0 Å². The summed E-state index contributed by atoms with van der Waals surface area (Å²) in [5.41, 5.74) is 1.40. The topological polar surface area (TPSA) is 95.6 Å². The van der Waals surface area contributed by atoms with Crippen molar-refractivity contribution in [3.63, 3.8) is 0 Å². The molecule has 1 aliphatic rings. The van der Waals surface area contributed by atoms with Gasteiger partial charge in [-0.15, -0.1) is 0 Å². The SMILES string of the molecule is CC(=O)Nc1cccc(C(=O)Nc2ccc(S(=O)(=O)N3C[C@@H](C)C[C@H](C)C3)cc2)c1. The number of sulfonamides is 1. The van der Waals surface area contributed by atoms with Gasteiger partial charge in [-0.25, -0.2) is 8.42 Å². The van der Waals surface area contributed by atoms with E-state index in [2.05, 4.69) is 24.5 Å². The minimum atomic E-state index is -3.56. The van der Waals surface area contributed by atoms with Gasteiger partial charge in [-0.1, -0.05) is 19.9 Å². The predicted molar refractivity (Wildman–Crippen MR) is 117 cm³/mol. The van der Waals surface area contributed by atoms with E-state index in [0.29, 0.717) is 41.9 Å². The number of piperidine rings is 1. The van der Waals surface area contributed by atoms with Crippen LogP contribution in [0.5, 0.6) is 0 Å². The van der Waals surface area contributed by atoms with Crippen molar-refractivity contribution in [2.75, 3.05) is 23.7 Å². The van der Waals surface area contributed by atoms with Crippen LogP contribution in [-0.2, 0) is 14.8 Å². The number of amides is 2. The summed E-state index contributed by atoms with van der Waals surface area (Å²) in [6, 6.07) is 12.8. The second-order valence-corrected chi connectivity index (χ2v) is 9.95.